The highest BCUT2D eigenvalue weighted by molar-refractivity contribution is 6.30. The highest BCUT2D eigenvalue weighted by Crippen LogP contribution is 2.28. The van der Waals surface area contributed by atoms with Crippen molar-refractivity contribution in [2.45, 2.75) is 58.0 Å². The summed E-state index contributed by atoms with van der Waals surface area (Å²) >= 11 is 6.05. The van der Waals surface area contributed by atoms with Crippen molar-refractivity contribution in [1.82, 2.24) is 19.3 Å². The van der Waals surface area contributed by atoms with Crippen LogP contribution in [0, 0.1) is 12.3 Å². The summed E-state index contributed by atoms with van der Waals surface area (Å²) in [4.78, 5) is 33.0. The number of halogens is 1. The van der Waals surface area contributed by atoms with E-state index in [-0.39, 0.29) is 24.1 Å². The molecule has 1 unspecified atom stereocenters. The van der Waals surface area contributed by atoms with Gasteiger partial charge < -0.3 is 10.2 Å². The van der Waals surface area contributed by atoms with Gasteiger partial charge in [0, 0.05) is 35.9 Å². The van der Waals surface area contributed by atoms with Crippen LogP contribution in [0.5, 0.6) is 0 Å². The van der Waals surface area contributed by atoms with Crippen LogP contribution >= 0.6 is 11.6 Å². The standard InChI is InChI=1S/C26H30ClN5O2/c1-3-5-7-16-31-23(30-15-8-6-9-22(30)25(34)28-14-4-2)17-24(33)32-18-21(29-26(31)32)19-10-12-20(27)13-11-19/h2,10-13,17-18,22H,3,5-9,14-16H2,1H3,(H,28,34). The second-order valence-electron chi connectivity index (χ2n) is 8.63. The molecule has 0 radical (unpaired) electrons. The third-order valence-electron chi connectivity index (χ3n) is 6.28. The highest BCUT2D eigenvalue weighted by Gasteiger charge is 2.31. The molecular formula is C26H30ClN5O2. The number of carbonyl (C=O) groups is 1. The molecule has 0 aliphatic carbocycles. The first kappa shape index (κ1) is 23.9. The quantitative estimate of drug-likeness (QED) is 0.390. The smallest absolute Gasteiger partial charge is 0.261 e. The molecule has 7 nitrogen and oxygen atoms in total. The Morgan fingerprint density at radius 2 is 2.06 bits per heavy atom. The Labute approximate surface area is 204 Å². The Hall–Kier alpha value is -3.24. The van der Waals surface area contributed by atoms with Gasteiger partial charge in [0.2, 0.25) is 11.7 Å². The van der Waals surface area contributed by atoms with Crippen LogP contribution in [0.25, 0.3) is 17.0 Å². The van der Waals surface area contributed by atoms with Crippen molar-refractivity contribution in [3.63, 3.8) is 0 Å². The van der Waals surface area contributed by atoms with Crippen molar-refractivity contribution in [2.75, 3.05) is 18.0 Å². The number of anilines is 1. The zero-order valence-electron chi connectivity index (χ0n) is 19.5. The summed E-state index contributed by atoms with van der Waals surface area (Å²) in [6.45, 7) is 3.75. The monoisotopic (exact) mass is 479 g/mol. The lowest BCUT2D eigenvalue weighted by atomic mass is 10.0. The van der Waals surface area contributed by atoms with E-state index in [1.54, 1.807) is 16.7 Å². The van der Waals surface area contributed by atoms with E-state index in [1.807, 2.05) is 24.3 Å². The van der Waals surface area contributed by atoms with Gasteiger partial charge in [-0.1, -0.05) is 49.4 Å². The first-order valence-corrected chi connectivity index (χ1v) is 12.3. The molecule has 1 aromatic carbocycles. The molecule has 1 aliphatic heterocycles. The number of fused-ring (bicyclic) bond motifs is 1. The Balaban J connectivity index is 1.82. The molecule has 2 aromatic heterocycles. The first-order chi connectivity index (χ1) is 16.5. The lowest BCUT2D eigenvalue weighted by molar-refractivity contribution is -0.122. The number of terminal acetylenes is 1. The Morgan fingerprint density at radius 1 is 1.26 bits per heavy atom. The van der Waals surface area contributed by atoms with Crippen molar-refractivity contribution >= 4 is 29.1 Å². The molecule has 1 fully saturated rings. The lowest BCUT2D eigenvalue weighted by Crippen LogP contribution is -2.51. The second kappa shape index (κ2) is 10.8. The van der Waals surface area contributed by atoms with E-state index >= 15 is 0 Å². The van der Waals surface area contributed by atoms with Crippen LogP contribution in [0.4, 0.5) is 5.82 Å². The van der Waals surface area contributed by atoms with Gasteiger partial charge in [0.1, 0.15) is 11.9 Å². The molecule has 0 bridgehead atoms. The van der Waals surface area contributed by atoms with Gasteiger partial charge in [0.25, 0.3) is 5.56 Å². The molecule has 1 amide bonds. The zero-order chi connectivity index (χ0) is 24.1. The zero-order valence-corrected chi connectivity index (χ0v) is 20.2. The number of aromatic nitrogens is 3. The van der Waals surface area contributed by atoms with Crippen molar-refractivity contribution in [1.29, 1.82) is 0 Å². The van der Waals surface area contributed by atoms with Crippen LogP contribution in [0.15, 0.2) is 41.3 Å². The minimum atomic E-state index is -0.368. The van der Waals surface area contributed by atoms with E-state index in [0.717, 1.165) is 49.9 Å². The molecule has 0 saturated carbocycles. The van der Waals surface area contributed by atoms with Crippen molar-refractivity contribution < 1.29 is 4.79 Å². The minimum absolute atomic E-state index is 0.102. The number of rotatable bonds is 8. The van der Waals surface area contributed by atoms with E-state index in [9.17, 15) is 9.59 Å². The molecule has 8 heteroatoms. The lowest BCUT2D eigenvalue weighted by Gasteiger charge is -2.37. The molecule has 178 valence electrons. The predicted octanol–water partition coefficient (Wildman–Crippen LogP) is 4.11. The van der Waals surface area contributed by atoms with E-state index in [4.69, 9.17) is 23.0 Å². The normalized spacial score (nSPS) is 15.9. The minimum Gasteiger partial charge on any atom is -0.346 e. The largest absolute Gasteiger partial charge is 0.346 e. The van der Waals surface area contributed by atoms with Gasteiger partial charge in [-0.25, -0.2) is 4.98 Å². The van der Waals surface area contributed by atoms with E-state index in [2.05, 4.69) is 27.6 Å². The average Bonchev–Trinajstić information content (AvgIpc) is 3.30. The Morgan fingerprint density at radius 3 is 2.79 bits per heavy atom. The van der Waals surface area contributed by atoms with Gasteiger partial charge in [0.15, 0.2) is 0 Å². The number of nitrogens with zero attached hydrogens (tertiary/aromatic N) is 4. The SMILES string of the molecule is C#CCNC(=O)C1CCCCN1c1cc(=O)n2cc(-c3ccc(Cl)cc3)nc2n1CCCCC. The molecule has 4 rings (SSSR count). The summed E-state index contributed by atoms with van der Waals surface area (Å²) in [5, 5.41) is 3.47. The van der Waals surface area contributed by atoms with Crippen LogP contribution in [0.1, 0.15) is 45.4 Å². The predicted molar refractivity (Wildman–Crippen MR) is 136 cm³/mol. The molecular weight excluding hydrogens is 450 g/mol. The number of amides is 1. The van der Waals surface area contributed by atoms with Gasteiger partial charge >= 0.3 is 0 Å². The third kappa shape index (κ3) is 4.97. The first-order valence-electron chi connectivity index (χ1n) is 11.9. The number of hydrogen-bond acceptors (Lipinski definition) is 4. The van der Waals surface area contributed by atoms with E-state index in [1.165, 1.54) is 0 Å². The maximum atomic E-state index is 13.2. The Kier molecular flexibility index (Phi) is 7.59. The fraction of sp³-hybridized carbons (Fsp3) is 0.423. The second-order valence-corrected chi connectivity index (χ2v) is 9.07. The molecule has 3 aromatic rings. The number of aryl methyl sites for hydroxylation is 1. The average molecular weight is 480 g/mol. The summed E-state index contributed by atoms with van der Waals surface area (Å²) in [6.07, 6.45) is 12.8. The molecule has 1 atom stereocenters. The van der Waals surface area contributed by atoms with Crippen LogP contribution in [0.3, 0.4) is 0 Å². The van der Waals surface area contributed by atoms with Crippen molar-refractivity contribution in [3.8, 4) is 23.6 Å². The molecule has 3 heterocycles. The van der Waals surface area contributed by atoms with Crippen molar-refractivity contribution in [3.05, 3.63) is 51.9 Å². The molecule has 1 aliphatic rings. The van der Waals surface area contributed by atoms with Crippen LogP contribution in [0.2, 0.25) is 5.02 Å². The molecule has 34 heavy (non-hydrogen) atoms. The molecule has 1 saturated heterocycles. The third-order valence-corrected chi connectivity index (χ3v) is 6.54. The van der Waals surface area contributed by atoms with Gasteiger partial charge in [-0.2, -0.15) is 0 Å². The summed E-state index contributed by atoms with van der Waals surface area (Å²) < 4.78 is 3.68. The fourth-order valence-corrected chi connectivity index (χ4v) is 4.68. The number of carbonyl (C=O) groups excluding carboxylic acids is 1. The topological polar surface area (TPSA) is 71.6 Å². The summed E-state index contributed by atoms with van der Waals surface area (Å²) in [5.74, 6) is 3.68. The van der Waals surface area contributed by atoms with E-state index in [0.29, 0.717) is 29.6 Å². The number of unbranched alkanes of at least 4 members (excludes halogenated alkanes) is 2. The van der Waals surface area contributed by atoms with Gasteiger partial charge in [0.05, 0.1) is 12.2 Å². The number of piperidine rings is 1. The molecule has 0 spiro atoms. The maximum absolute atomic E-state index is 13.2. The van der Waals surface area contributed by atoms with Gasteiger partial charge in [-0.3, -0.25) is 18.6 Å². The molecule has 1 N–H and O–H groups in total. The summed E-state index contributed by atoms with van der Waals surface area (Å²) in [6, 6.07) is 8.69. The van der Waals surface area contributed by atoms with Crippen molar-refractivity contribution in [2.24, 2.45) is 0 Å². The van der Waals surface area contributed by atoms with E-state index < -0.39 is 0 Å². The number of hydrogen-bond donors (Lipinski definition) is 1. The maximum Gasteiger partial charge on any atom is 0.261 e. The Bertz CT molecular complexity index is 1260. The summed E-state index contributed by atoms with van der Waals surface area (Å²) in [5.41, 5.74) is 1.42. The highest BCUT2D eigenvalue weighted by atomic mass is 35.5. The van der Waals surface area contributed by atoms with Crippen LogP contribution in [-0.2, 0) is 11.3 Å². The fourth-order valence-electron chi connectivity index (χ4n) is 4.55. The summed E-state index contributed by atoms with van der Waals surface area (Å²) in [7, 11) is 0. The number of nitrogens with one attached hydrogen (secondary N) is 1. The van der Waals surface area contributed by atoms with Crippen LogP contribution in [-0.4, -0.2) is 39.0 Å². The van der Waals surface area contributed by atoms with Crippen LogP contribution < -0.4 is 15.8 Å². The number of imidazole rings is 1. The van der Waals surface area contributed by atoms with Gasteiger partial charge in [-0.15, -0.1) is 6.42 Å². The number of benzene rings is 1. The van der Waals surface area contributed by atoms with Gasteiger partial charge in [-0.05, 0) is 37.8 Å².